The van der Waals surface area contributed by atoms with Gasteiger partial charge in [-0.2, -0.15) is 0 Å². The first kappa shape index (κ1) is 10.2. The Balaban J connectivity index is 4.23. The predicted molar refractivity (Wildman–Crippen MR) is 51.5 cm³/mol. The second-order valence-corrected chi connectivity index (χ2v) is 5.49. The van der Waals surface area contributed by atoms with E-state index < -0.39 is 0 Å². The third kappa shape index (κ3) is 1.83. The molecule has 0 aliphatic rings. The topological polar surface area (TPSA) is 3.24 Å². The minimum atomic E-state index is 0.514. The van der Waals surface area contributed by atoms with Gasteiger partial charge in [-0.3, -0.25) is 0 Å². The highest BCUT2D eigenvalue weighted by atomic mass is 28.1. The molecule has 0 heterocycles. The summed E-state index contributed by atoms with van der Waals surface area (Å²) in [6, 6.07) is 0. The lowest BCUT2D eigenvalue weighted by Crippen LogP contribution is -2.48. The van der Waals surface area contributed by atoms with Gasteiger partial charge < -0.3 is 4.90 Å². The molecule has 2 heteroatoms. The van der Waals surface area contributed by atoms with Gasteiger partial charge in [0.2, 0.25) is 0 Å². The summed E-state index contributed by atoms with van der Waals surface area (Å²) in [5.41, 5.74) is 0. The van der Waals surface area contributed by atoms with Crippen molar-refractivity contribution in [2.24, 2.45) is 5.92 Å². The van der Waals surface area contributed by atoms with Crippen molar-refractivity contribution in [1.82, 2.24) is 4.90 Å². The zero-order valence-electron chi connectivity index (χ0n) is 8.23. The van der Waals surface area contributed by atoms with Crippen molar-refractivity contribution < 1.29 is 0 Å². The van der Waals surface area contributed by atoms with Crippen LogP contribution in [0.15, 0.2) is 0 Å². The van der Waals surface area contributed by atoms with E-state index in [0.29, 0.717) is 5.16 Å². The molecule has 0 radical (unpaired) electrons. The summed E-state index contributed by atoms with van der Waals surface area (Å²) in [6.45, 7) is 6.92. The molecule has 0 saturated carbocycles. The van der Waals surface area contributed by atoms with Crippen molar-refractivity contribution in [1.29, 1.82) is 0 Å². The molecule has 0 aromatic carbocycles. The molecule has 0 amide bonds. The van der Waals surface area contributed by atoms with Gasteiger partial charge in [0.15, 0.2) is 0 Å². The first-order chi connectivity index (χ1) is 4.45. The van der Waals surface area contributed by atoms with Gasteiger partial charge in [0.05, 0.1) is 0 Å². The smallest absolute Gasteiger partial charge is 0.0286 e. The summed E-state index contributed by atoms with van der Waals surface area (Å²) in [4.78, 5) is 2.38. The van der Waals surface area contributed by atoms with Gasteiger partial charge in [-0.25, -0.2) is 0 Å². The second-order valence-electron chi connectivity index (χ2n) is 3.76. The molecule has 1 nitrogen and oxygen atoms in total. The Morgan fingerprint density at radius 3 is 1.80 bits per heavy atom. The van der Waals surface area contributed by atoms with Gasteiger partial charge in [0, 0.05) is 15.4 Å². The van der Waals surface area contributed by atoms with Crippen molar-refractivity contribution in [2.75, 3.05) is 14.1 Å². The van der Waals surface area contributed by atoms with Crippen LogP contribution in [0, 0.1) is 5.92 Å². The predicted octanol–water partition coefficient (Wildman–Crippen LogP) is 0.676. The Bertz CT molecular complexity index is 91.4. The number of hydrogen-bond donors (Lipinski definition) is 0. The van der Waals surface area contributed by atoms with Crippen LogP contribution in [0.1, 0.15) is 27.2 Å². The van der Waals surface area contributed by atoms with Crippen LogP contribution in [0.2, 0.25) is 0 Å². The molecule has 1 atom stereocenters. The summed E-state index contributed by atoms with van der Waals surface area (Å²) in [5, 5.41) is 0.514. The summed E-state index contributed by atoms with van der Waals surface area (Å²) in [5.74, 6) is 0.791. The summed E-state index contributed by atoms with van der Waals surface area (Å²) in [6.07, 6.45) is 1.28. The average molecular weight is 159 g/mol. The van der Waals surface area contributed by atoms with E-state index in [1.165, 1.54) is 16.7 Å². The molecule has 0 fully saturated rings. The molecule has 0 rings (SSSR count). The second kappa shape index (κ2) is 3.53. The quantitative estimate of drug-likeness (QED) is 0.547. The summed E-state index contributed by atoms with van der Waals surface area (Å²) < 4.78 is 0. The third-order valence-electron chi connectivity index (χ3n) is 2.98. The minimum absolute atomic E-state index is 0.514. The van der Waals surface area contributed by atoms with Crippen LogP contribution in [0.4, 0.5) is 0 Å². The molecule has 0 aromatic heterocycles. The van der Waals surface area contributed by atoms with Gasteiger partial charge in [-0.15, -0.1) is 0 Å². The molecule has 0 aliphatic carbocycles. The van der Waals surface area contributed by atoms with Crippen molar-refractivity contribution in [2.45, 2.75) is 32.4 Å². The van der Waals surface area contributed by atoms with Gasteiger partial charge >= 0.3 is 0 Å². The molecule has 0 saturated heterocycles. The van der Waals surface area contributed by atoms with Crippen LogP contribution in [0.5, 0.6) is 0 Å². The van der Waals surface area contributed by atoms with Crippen molar-refractivity contribution >= 4 is 10.2 Å². The minimum Gasteiger partial charge on any atom is -0.307 e. The van der Waals surface area contributed by atoms with Crippen LogP contribution < -0.4 is 0 Å². The van der Waals surface area contributed by atoms with Crippen LogP contribution in [-0.4, -0.2) is 34.4 Å². The molecular weight excluding hydrogens is 138 g/mol. The SMILES string of the molecule is CCC([SiH3])(C(C)C)N(C)C. The molecule has 1 unspecified atom stereocenters. The van der Waals surface area contributed by atoms with Crippen LogP contribution >= 0.6 is 0 Å². The maximum atomic E-state index is 2.38. The first-order valence-corrected chi connectivity index (χ1v) is 5.12. The molecule has 10 heavy (non-hydrogen) atoms. The van der Waals surface area contributed by atoms with Crippen LogP contribution in [-0.2, 0) is 0 Å². The third-order valence-corrected chi connectivity index (χ3v) is 5.74. The molecular formula is C8H21NSi. The van der Waals surface area contributed by atoms with Crippen LogP contribution in [0.25, 0.3) is 0 Å². The van der Waals surface area contributed by atoms with Crippen molar-refractivity contribution in [3.8, 4) is 0 Å². The molecule has 0 aromatic rings. The average Bonchev–Trinajstić information content (AvgIpc) is 1.85. The molecule has 0 spiro atoms. The van der Waals surface area contributed by atoms with Gasteiger partial charge in [0.25, 0.3) is 0 Å². The van der Waals surface area contributed by atoms with Crippen molar-refractivity contribution in [3.63, 3.8) is 0 Å². The fraction of sp³-hybridized carbons (Fsp3) is 1.00. The zero-order chi connectivity index (χ0) is 8.36. The lowest BCUT2D eigenvalue weighted by Gasteiger charge is -2.39. The normalized spacial score (nSPS) is 18.3. The van der Waals surface area contributed by atoms with Gasteiger partial charge in [-0.1, -0.05) is 20.8 Å². The lowest BCUT2D eigenvalue weighted by atomic mass is 9.99. The zero-order valence-corrected chi connectivity index (χ0v) is 10.2. The summed E-state index contributed by atoms with van der Waals surface area (Å²) in [7, 11) is 5.65. The Morgan fingerprint density at radius 1 is 1.40 bits per heavy atom. The molecule has 0 aliphatic heterocycles. The molecule has 0 N–H and O–H groups in total. The Labute approximate surface area is 68.2 Å². The lowest BCUT2D eigenvalue weighted by molar-refractivity contribution is 0.179. The Hall–Kier alpha value is 0.177. The summed E-state index contributed by atoms with van der Waals surface area (Å²) >= 11 is 0. The van der Waals surface area contributed by atoms with E-state index in [4.69, 9.17) is 0 Å². The van der Waals surface area contributed by atoms with E-state index in [-0.39, 0.29) is 0 Å². The monoisotopic (exact) mass is 159 g/mol. The van der Waals surface area contributed by atoms with Gasteiger partial charge in [-0.05, 0) is 26.4 Å². The largest absolute Gasteiger partial charge is 0.307 e. The first-order valence-electron chi connectivity index (χ1n) is 4.12. The van der Waals surface area contributed by atoms with E-state index >= 15 is 0 Å². The van der Waals surface area contributed by atoms with E-state index in [1.807, 2.05) is 0 Å². The van der Waals surface area contributed by atoms with E-state index in [9.17, 15) is 0 Å². The highest BCUT2D eigenvalue weighted by molar-refractivity contribution is 6.15. The number of hydrogen-bond acceptors (Lipinski definition) is 1. The number of nitrogens with zero attached hydrogens (tertiary/aromatic N) is 1. The Morgan fingerprint density at radius 2 is 1.80 bits per heavy atom. The highest BCUT2D eigenvalue weighted by Crippen LogP contribution is 2.21. The maximum absolute atomic E-state index is 2.38. The fourth-order valence-corrected chi connectivity index (χ4v) is 1.24. The van der Waals surface area contributed by atoms with E-state index in [2.05, 4.69) is 39.8 Å². The van der Waals surface area contributed by atoms with Crippen molar-refractivity contribution in [3.05, 3.63) is 0 Å². The van der Waals surface area contributed by atoms with E-state index in [0.717, 1.165) is 5.92 Å². The molecule has 0 bridgehead atoms. The van der Waals surface area contributed by atoms with Gasteiger partial charge in [0.1, 0.15) is 0 Å². The molecule has 62 valence electrons. The number of rotatable bonds is 3. The standard InChI is InChI=1S/C8H21NSi/c1-6-8(10,7(2)3)9(4)5/h7H,6H2,1-5,10H3. The fourth-order valence-electron chi connectivity index (χ4n) is 1.24. The maximum Gasteiger partial charge on any atom is 0.0286 e. The highest BCUT2D eigenvalue weighted by Gasteiger charge is 2.27. The van der Waals surface area contributed by atoms with Crippen LogP contribution in [0.3, 0.4) is 0 Å². The van der Waals surface area contributed by atoms with E-state index in [1.54, 1.807) is 0 Å². The Kier molecular flexibility index (Phi) is 3.60.